The number of carboxylic acid groups (broad SMARTS) is 1. The zero-order valence-electron chi connectivity index (χ0n) is 10.3. The van der Waals surface area contributed by atoms with Crippen LogP contribution in [0.3, 0.4) is 0 Å². The van der Waals surface area contributed by atoms with Crippen LogP contribution in [0.5, 0.6) is 0 Å². The minimum absolute atomic E-state index is 0.279. The number of carbonyl (C=O) groups excluding carboxylic acids is 1. The number of unbranched alkanes of at least 4 members (excludes halogenated alkanes) is 7. The third-order valence-corrected chi connectivity index (χ3v) is 2.65. The number of nitrogens with two attached hydrogens (primary N) is 1. The Hall–Kier alpha value is -1.10. The molecule has 17 heavy (non-hydrogen) atoms. The highest BCUT2D eigenvalue weighted by atomic mass is 16.7. The third-order valence-electron chi connectivity index (χ3n) is 2.65. The molecule has 0 aliphatic heterocycles. The molecule has 0 aromatic rings. The summed E-state index contributed by atoms with van der Waals surface area (Å²) < 4.78 is 0. The Bertz CT molecular complexity index is 219. The lowest BCUT2D eigenvalue weighted by Gasteiger charge is -2.01. The van der Waals surface area contributed by atoms with Crippen molar-refractivity contribution in [3.8, 4) is 0 Å². The van der Waals surface area contributed by atoms with Crippen molar-refractivity contribution in [2.24, 2.45) is 5.90 Å². The summed E-state index contributed by atoms with van der Waals surface area (Å²) in [6.45, 7) is 0. The summed E-state index contributed by atoms with van der Waals surface area (Å²) in [5.41, 5.74) is 0. The average Bonchev–Trinajstić information content (AvgIpc) is 2.30. The Labute approximate surface area is 102 Å². The van der Waals surface area contributed by atoms with Crippen LogP contribution in [-0.2, 0) is 14.4 Å². The van der Waals surface area contributed by atoms with Crippen LogP contribution in [0.25, 0.3) is 0 Å². The second-order valence-corrected chi connectivity index (χ2v) is 4.21. The Morgan fingerprint density at radius 3 is 1.65 bits per heavy atom. The van der Waals surface area contributed by atoms with E-state index in [9.17, 15) is 9.59 Å². The highest BCUT2D eigenvalue weighted by molar-refractivity contribution is 5.68. The first kappa shape index (κ1) is 15.9. The van der Waals surface area contributed by atoms with Crippen molar-refractivity contribution in [3.05, 3.63) is 0 Å². The summed E-state index contributed by atoms with van der Waals surface area (Å²) in [6, 6.07) is 0. The molecule has 3 N–H and O–H groups in total. The molecule has 0 aromatic heterocycles. The molecule has 0 saturated heterocycles. The summed E-state index contributed by atoms with van der Waals surface area (Å²) in [7, 11) is 0. The predicted molar refractivity (Wildman–Crippen MR) is 64.1 cm³/mol. The lowest BCUT2D eigenvalue weighted by Crippen LogP contribution is -2.08. The molecular weight excluding hydrogens is 222 g/mol. The largest absolute Gasteiger partial charge is 0.481 e. The number of carboxylic acids is 1. The van der Waals surface area contributed by atoms with Crippen molar-refractivity contribution in [1.82, 2.24) is 0 Å². The minimum atomic E-state index is -0.711. The van der Waals surface area contributed by atoms with E-state index in [1.54, 1.807) is 0 Å². The van der Waals surface area contributed by atoms with Gasteiger partial charge in [0.2, 0.25) is 0 Å². The normalized spacial score (nSPS) is 10.2. The quantitative estimate of drug-likeness (QED) is 0.431. The van der Waals surface area contributed by atoms with E-state index in [1.165, 1.54) is 0 Å². The smallest absolute Gasteiger partial charge is 0.324 e. The Balaban J connectivity index is 3.03. The zero-order valence-corrected chi connectivity index (χ0v) is 10.3. The maximum Gasteiger partial charge on any atom is 0.324 e. The lowest BCUT2D eigenvalue weighted by molar-refractivity contribution is -0.144. The summed E-state index contributed by atoms with van der Waals surface area (Å²) in [5, 5.41) is 8.43. The van der Waals surface area contributed by atoms with Gasteiger partial charge in [0.15, 0.2) is 0 Å². The van der Waals surface area contributed by atoms with Gasteiger partial charge in [0, 0.05) is 12.8 Å². The van der Waals surface area contributed by atoms with Crippen molar-refractivity contribution < 1.29 is 19.5 Å². The molecule has 0 fully saturated rings. The molecule has 0 aliphatic carbocycles. The van der Waals surface area contributed by atoms with E-state index < -0.39 is 5.97 Å². The highest BCUT2D eigenvalue weighted by Gasteiger charge is 2.00. The van der Waals surface area contributed by atoms with E-state index in [-0.39, 0.29) is 12.4 Å². The molecule has 5 nitrogen and oxygen atoms in total. The van der Waals surface area contributed by atoms with E-state index in [4.69, 9.17) is 11.0 Å². The van der Waals surface area contributed by atoms with Crippen molar-refractivity contribution in [3.63, 3.8) is 0 Å². The van der Waals surface area contributed by atoms with Crippen LogP contribution < -0.4 is 5.90 Å². The topological polar surface area (TPSA) is 89.6 Å². The fourth-order valence-corrected chi connectivity index (χ4v) is 1.67. The fourth-order valence-electron chi connectivity index (χ4n) is 1.67. The highest BCUT2D eigenvalue weighted by Crippen LogP contribution is 2.10. The molecule has 0 radical (unpaired) electrons. The first-order valence-electron chi connectivity index (χ1n) is 6.28. The number of aliphatic carboxylic acids is 1. The van der Waals surface area contributed by atoms with Gasteiger partial charge in [-0.1, -0.05) is 38.5 Å². The van der Waals surface area contributed by atoms with Crippen LogP contribution in [0.15, 0.2) is 0 Å². The van der Waals surface area contributed by atoms with Gasteiger partial charge in [0.1, 0.15) is 0 Å². The van der Waals surface area contributed by atoms with E-state index in [0.29, 0.717) is 6.42 Å². The van der Waals surface area contributed by atoms with Gasteiger partial charge < -0.3 is 9.94 Å². The van der Waals surface area contributed by atoms with Crippen LogP contribution in [0, 0.1) is 0 Å². The summed E-state index contributed by atoms with van der Waals surface area (Å²) in [6.07, 6.45) is 8.78. The number of hydrogen-bond acceptors (Lipinski definition) is 4. The van der Waals surface area contributed by atoms with E-state index in [2.05, 4.69) is 4.84 Å². The first-order valence-corrected chi connectivity index (χ1v) is 6.28. The molecule has 0 aliphatic rings. The minimum Gasteiger partial charge on any atom is -0.481 e. The number of rotatable bonds is 11. The van der Waals surface area contributed by atoms with Gasteiger partial charge in [0.25, 0.3) is 0 Å². The molecule has 5 heteroatoms. The van der Waals surface area contributed by atoms with Gasteiger partial charge >= 0.3 is 11.9 Å². The Morgan fingerprint density at radius 1 is 0.824 bits per heavy atom. The monoisotopic (exact) mass is 245 g/mol. The zero-order chi connectivity index (χ0) is 12.9. The molecule has 0 bridgehead atoms. The maximum atomic E-state index is 10.7. The van der Waals surface area contributed by atoms with Crippen molar-refractivity contribution >= 4 is 11.9 Å². The molecule has 0 aromatic carbocycles. The number of carbonyl (C=O) groups is 2. The molecule has 0 heterocycles. The number of hydrogen-bond donors (Lipinski definition) is 2. The van der Waals surface area contributed by atoms with Crippen molar-refractivity contribution in [2.75, 3.05) is 0 Å². The van der Waals surface area contributed by atoms with Gasteiger partial charge in [-0.25, -0.2) is 0 Å². The average molecular weight is 245 g/mol. The van der Waals surface area contributed by atoms with Gasteiger partial charge in [-0.2, -0.15) is 5.90 Å². The van der Waals surface area contributed by atoms with Crippen LogP contribution in [0.2, 0.25) is 0 Å². The summed E-state index contributed by atoms with van der Waals surface area (Å²) in [4.78, 5) is 25.0. The van der Waals surface area contributed by atoms with E-state index in [1.807, 2.05) is 0 Å². The van der Waals surface area contributed by atoms with Gasteiger partial charge in [-0.15, -0.1) is 0 Å². The van der Waals surface area contributed by atoms with Crippen molar-refractivity contribution in [2.45, 2.75) is 64.2 Å². The molecule has 100 valence electrons. The summed E-state index contributed by atoms with van der Waals surface area (Å²) in [5.74, 6) is 3.65. The van der Waals surface area contributed by atoms with Crippen LogP contribution in [0.1, 0.15) is 64.2 Å². The van der Waals surface area contributed by atoms with Gasteiger partial charge in [-0.05, 0) is 12.8 Å². The SMILES string of the molecule is NOC(=O)CCCCCCCCCCC(=O)O. The molecular formula is C12H23NO4. The molecule has 0 rings (SSSR count). The first-order chi connectivity index (χ1) is 8.16. The second-order valence-electron chi connectivity index (χ2n) is 4.21. The van der Waals surface area contributed by atoms with Crippen LogP contribution in [0.4, 0.5) is 0 Å². The third kappa shape index (κ3) is 12.8. The second kappa shape index (κ2) is 11.4. The van der Waals surface area contributed by atoms with E-state index in [0.717, 1.165) is 51.4 Å². The predicted octanol–water partition coefficient (Wildman–Crippen LogP) is 2.39. The van der Waals surface area contributed by atoms with Gasteiger partial charge in [0.05, 0.1) is 0 Å². The van der Waals surface area contributed by atoms with Gasteiger partial charge in [-0.3, -0.25) is 9.59 Å². The Morgan fingerprint density at radius 2 is 1.24 bits per heavy atom. The van der Waals surface area contributed by atoms with Crippen LogP contribution >= 0.6 is 0 Å². The lowest BCUT2D eigenvalue weighted by atomic mass is 10.1. The Kier molecular flexibility index (Phi) is 10.7. The fraction of sp³-hybridized carbons (Fsp3) is 0.833. The molecule has 0 atom stereocenters. The maximum absolute atomic E-state index is 10.7. The molecule has 0 saturated carbocycles. The van der Waals surface area contributed by atoms with Crippen LogP contribution in [-0.4, -0.2) is 17.0 Å². The molecule has 0 spiro atoms. The van der Waals surface area contributed by atoms with Crippen molar-refractivity contribution in [1.29, 1.82) is 0 Å². The van der Waals surface area contributed by atoms with E-state index >= 15 is 0 Å². The standard InChI is InChI=1S/C12H23NO4/c13-17-12(16)10-8-6-4-2-1-3-5-7-9-11(14)15/h1-10,13H2,(H,14,15). The molecule has 0 amide bonds. The summed E-state index contributed by atoms with van der Waals surface area (Å²) >= 11 is 0. The molecule has 0 unspecified atom stereocenters.